The maximum Gasteiger partial charge on any atom is 0.337 e. The number of nitrogens with one attached hydrogen (secondary N) is 1. The summed E-state index contributed by atoms with van der Waals surface area (Å²) in [5.41, 5.74) is 2.48. The predicted molar refractivity (Wildman–Crippen MR) is 132 cm³/mol. The van der Waals surface area contributed by atoms with Crippen LogP contribution in [0.15, 0.2) is 66.2 Å². The first-order valence-corrected chi connectivity index (χ1v) is 11.0. The van der Waals surface area contributed by atoms with Crippen molar-refractivity contribution in [2.24, 2.45) is 0 Å². The molecule has 0 aliphatic carbocycles. The van der Waals surface area contributed by atoms with Gasteiger partial charge in [-0.2, -0.15) is 5.26 Å². The zero-order valence-corrected chi connectivity index (χ0v) is 19.9. The van der Waals surface area contributed by atoms with Gasteiger partial charge in [-0.15, -0.1) is 0 Å². The molecule has 8 heteroatoms. The average molecular weight is 493 g/mol. The quantitative estimate of drug-likeness (QED) is 0.244. The standard InChI is InChI=1S/C27H22ClFN2O4/c1-3-35-25-15-18(14-24(28)23(25)13-17-5-4-6-21(29)12-17)11-20(16-30)26(32)31-22-9-7-19(8-10-22)27(33)34-2/h4-12,14-15H,3,13H2,1-2H3,(H,31,32)/b20-11+. The minimum atomic E-state index is -0.628. The Bertz CT molecular complexity index is 1310. The number of methoxy groups -OCH3 is 1. The zero-order valence-electron chi connectivity index (χ0n) is 19.1. The molecule has 0 atom stereocenters. The second-order valence-corrected chi connectivity index (χ2v) is 7.82. The van der Waals surface area contributed by atoms with E-state index < -0.39 is 11.9 Å². The predicted octanol–water partition coefficient (Wildman–Crippen LogP) is 5.80. The highest BCUT2D eigenvalue weighted by Crippen LogP contribution is 2.32. The van der Waals surface area contributed by atoms with Crippen LogP contribution in [0.4, 0.5) is 10.1 Å². The Hall–Kier alpha value is -4.15. The molecule has 1 amide bonds. The average Bonchev–Trinajstić information content (AvgIpc) is 2.84. The summed E-state index contributed by atoms with van der Waals surface area (Å²) < 4.78 is 24.0. The Kier molecular flexibility index (Phi) is 8.60. The van der Waals surface area contributed by atoms with Gasteiger partial charge in [0, 0.05) is 22.7 Å². The Morgan fingerprint density at radius 2 is 1.89 bits per heavy atom. The van der Waals surface area contributed by atoms with Gasteiger partial charge in [0.1, 0.15) is 23.2 Å². The monoisotopic (exact) mass is 492 g/mol. The van der Waals surface area contributed by atoms with Crippen LogP contribution < -0.4 is 10.1 Å². The second-order valence-electron chi connectivity index (χ2n) is 7.41. The molecule has 1 N–H and O–H groups in total. The van der Waals surface area contributed by atoms with Gasteiger partial charge >= 0.3 is 5.97 Å². The summed E-state index contributed by atoms with van der Waals surface area (Å²) in [6.07, 6.45) is 1.75. The number of nitrogens with zero attached hydrogens (tertiary/aromatic N) is 1. The summed E-state index contributed by atoms with van der Waals surface area (Å²) >= 11 is 6.52. The molecule has 35 heavy (non-hydrogen) atoms. The lowest BCUT2D eigenvalue weighted by Crippen LogP contribution is -2.13. The van der Waals surface area contributed by atoms with E-state index in [1.165, 1.54) is 49.6 Å². The van der Waals surface area contributed by atoms with E-state index in [9.17, 15) is 19.2 Å². The van der Waals surface area contributed by atoms with Crippen molar-refractivity contribution in [3.8, 4) is 11.8 Å². The number of benzene rings is 3. The number of halogens is 2. The van der Waals surface area contributed by atoms with Crippen LogP contribution in [0, 0.1) is 17.1 Å². The van der Waals surface area contributed by atoms with Gasteiger partial charge in [0.25, 0.3) is 5.91 Å². The number of esters is 1. The van der Waals surface area contributed by atoms with Crippen molar-refractivity contribution in [3.05, 3.63) is 99.3 Å². The van der Waals surface area contributed by atoms with E-state index in [0.717, 1.165) is 5.56 Å². The van der Waals surface area contributed by atoms with Crippen molar-refractivity contribution >= 4 is 35.2 Å². The maximum absolute atomic E-state index is 13.6. The minimum absolute atomic E-state index is 0.154. The molecule has 0 radical (unpaired) electrons. The Labute approximate surface area is 207 Å². The topological polar surface area (TPSA) is 88.4 Å². The van der Waals surface area contributed by atoms with Gasteiger partial charge in [0.15, 0.2) is 0 Å². The molecule has 0 bridgehead atoms. The third kappa shape index (κ3) is 6.69. The summed E-state index contributed by atoms with van der Waals surface area (Å²) in [4.78, 5) is 24.2. The maximum atomic E-state index is 13.6. The van der Waals surface area contributed by atoms with Crippen molar-refractivity contribution in [2.75, 3.05) is 19.0 Å². The fourth-order valence-corrected chi connectivity index (χ4v) is 3.63. The van der Waals surface area contributed by atoms with Gasteiger partial charge in [-0.25, -0.2) is 9.18 Å². The second kappa shape index (κ2) is 11.8. The highest BCUT2D eigenvalue weighted by Gasteiger charge is 2.15. The van der Waals surface area contributed by atoms with Gasteiger partial charge in [-0.3, -0.25) is 4.79 Å². The van der Waals surface area contributed by atoms with Crippen LogP contribution >= 0.6 is 11.6 Å². The summed E-state index contributed by atoms with van der Waals surface area (Å²) in [5.74, 6) is -0.994. The van der Waals surface area contributed by atoms with Crippen LogP contribution in [0.1, 0.15) is 34.0 Å². The Balaban J connectivity index is 1.86. The molecule has 3 aromatic carbocycles. The summed E-state index contributed by atoms with van der Waals surface area (Å²) in [7, 11) is 1.28. The van der Waals surface area contributed by atoms with Crippen molar-refractivity contribution in [1.29, 1.82) is 5.26 Å². The highest BCUT2D eigenvalue weighted by atomic mass is 35.5. The van der Waals surface area contributed by atoms with E-state index in [0.29, 0.717) is 46.2 Å². The number of ether oxygens (including phenoxy) is 2. The van der Waals surface area contributed by atoms with Gasteiger partial charge < -0.3 is 14.8 Å². The minimum Gasteiger partial charge on any atom is -0.494 e. The molecule has 6 nitrogen and oxygen atoms in total. The molecule has 0 spiro atoms. The molecule has 0 aliphatic heterocycles. The summed E-state index contributed by atoms with van der Waals surface area (Å²) in [6, 6.07) is 17.5. The van der Waals surface area contributed by atoms with Crippen LogP contribution in [-0.2, 0) is 16.0 Å². The zero-order chi connectivity index (χ0) is 25.4. The molecule has 0 aromatic heterocycles. The number of hydrogen-bond acceptors (Lipinski definition) is 5. The molecule has 0 saturated heterocycles. The molecular weight excluding hydrogens is 471 g/mol. The first-order chi connectivity index (χ1) is 16.8. The number of rotatable bonds is 8. The lowest BCUT2D eigenvalue weighted by Gasteiger charge is -2.14. The van der Waals surface area contributed by atoms with Gasteiger partial charge in [0.2, 0.25) is 0 Å². The lowest BCUT2D eigenvalue weighted by molar-refractivity contribution is -0.112. The fourth-order valence-electron chi connectivity index (χ4n) is 3.34. The number of amides is 1. The summed E-state index contributed by atoms with van der Waals surface area (Å²) in [5, 5.41) is 12.5. The van der Waals surface area contributed by atoms with Crippen molar-refractivity contribution in [2.45, 2.75) is 13.3 Å². The molecule has 0 unspecified atom stereocenters. The van der Waals surface area contributed by atoms with Crippen molar-refractivity contribution in [1.82, 2.24) is 0 Å². The number of carbonyl (C=O) groups excluding carboxylic acids is 2. The van der Waals surface area contributed by atoms with Crippen LogP contribution in [0.2, 0.25) is 5.02 Å². The van der Waals surface area contributed by atoms with E-state index in [-0.39, 0.29) is 11.4 Å². The van der Waals surface area contributed by atoms with E-state index in [2.05, 4.69) is 10.1 Å². The third-order valence-corrected chi connectivity index (χ3v) is 5.32. The van der Waals surface area contributed by atoms with Crippen LogP contribution in [0.25, 0.3) is 6.08 Å². The largest absolute Gasteiger partial charge is 0.494 e. The van der Waals surface area contributed by atoms with Crippen LogP contribution in [0.3, 0.4) is 0 Å². The van der Waals surface area contributed by atoms with E-state index in [1.807, 2.05) is 13.0 Å². The van der Waals surface area contributed by atoms with Gasteiger partial charge in [-0.05, 0) is 72.7 Å². The first-order valence-electron chi connectivity index (χ1n) is 10.7. The Morgan fingerprint density at radius 3 is 2.51 bits per heavy atom. The third-order valence-electron chi connectivity index (χ3n) is 4.99. The molecule has 3 aromatic rings. The highest BCUT2D eigenvalue weighted by molar-refractivity contribution is 6.31. The fraction of sp³-hybridized carbons (Fsp3) is 0.148. The molecule has 0 saturated carbocycles. The SMILES string of the molecule is CCOc1cc(/C=C(\C#N)C(=O)Nc2ccc(C(=O)OC)cc2)cc(Cl)c1Cc1cccc(F)c1. The molecule has 3 rings (SSSR count). The number of hydrogen-bond donors (Lipinski definition) is 1. The molecule has 178 valence electrons. The van der Waals surface area contributed by atoms with Crippen molar-refractivity contribution < 1.29 is 23.5 Å². The van der Waals surface area contributed by atoms with E-state index >= 15 is 0 Å². The summed E-state index contributed by atoms with van der Waals surface area (Å²) in [6.45, 7) is 2.19. The number of carbonyl (C=O) groups is 2. The number of nitriles is 1. The van der Waals surface area contributed by atoms with E-state index in [4.69, 9.17) is 16.3 Å². The van der Waals surface area contributed by atoms with Crippen molar-refractivity contribution in [3.63, 3.8) is 0 Å². The van der Waals surface area contributed by atoms with Crippen LogP contribution in [0.5, 0.6) is 5.75 Å². The molecule has 0 fully saturated rings. The number of anilines is 1. The first kappa shape index (κ1) is 25.5. The lowest BCUT2D eigenvalue weighted by atomic mass is 10.0. The molecule has 0 aliphatic rings. The Morgan fingerprint density at radius 1 is 1.14 bits per heavy atom. The van der Waals surface area contributed by atoms with Gasteiger partial charge in [-0.1, -0.05) is 23.7 Å². The van der Waals surface area contributed by atoms with Gasteiger partial charge in [0.05, 0.1) is 19.3 Å². The smallest absolute Gasteiger partial charge is 0.337 e. The molecule has 0 heterocycles. The van der Waals surface area contributed by atoms with Crippen LogP contribution in [-0.4, -0.2) is 25.6 Å². The molecular formula is C27H22ClFN2O4. The normalized spacial score (nSPS) is 10.9. The van der Waals surface area contributed by atoms with E-state index in [1.54, 1.807) is 24.3 Å².